The zero-order valence-corrected chi connectivity index (χ0v) is 18.2. The van der Waals surface area contributed by atoms with Gasteiger partial charge >= 0.3 is 0 Å². The van der Waals surface area contributed by atoms with Crippen molar-refractivity contribution >= 4 is 5.84 Å². The molecule has 0 bridgehead atoms. The summed E-state index contributed by atoms with van der Waals surface area (Å²) in [6.45, 7) is 0. The van der Waals surface area contributed by atoms with Gasteiger partial charge in [-0.05, 0) is 23.3 Å². The van der Waals surface area contributed by atoms with Crippen LogP contribution in [0.25, 0.3) is 45.2 Å². The summed E-state index contributed by atoms with van der Waals surface area (Å²) in [6.07, 6.45) is 0. The highest BCUT2D eigenvalue weighted by molar-refractivity contribution is 6.00. The third kappa shape index (κ3) is 3.72. The number of hydrazone groups is 1. The number of hydrazine groups is 2. The van der Waals surface area contributed by atoms with E-state index in [4.69, 9.17) is 9.40 Å². The number of rotatable bonds is 5. The molecule has 6 rings (SSSR count). The van der Waals surface area contributed by atoms with E-state index in [0.29, 0.717) is 5.89 Å². The number of nitrogens with zero attached hydrogens (tertiary/aromatic N) is 2. The second kappa shape index (κ2) is 8.69. The number of hydrogen-bond donors (Lipinski definition) is 3. The molecule has 0 saturated heterocycles. The maximum absolute atomic E-state index is 6.47. The molecule has 0 radical (unpaired) electrons. The van der Waals surface area contributed by atoms with E-state index in [2.05, 4.69) is 51.9 Å². The first-order valence-electron chi connectivity index (χ1n) is 11.0. The summed E-state index contributed by atoms with van der Waals surface area (Å²) in [4.78, 5) is 4.99. The fourth-order valence-electron chi connectivity index (χ4n) is 4.10. The van der Waals surface area contributed by atoms with Gasteiger partial charge in [-0.3, -0.25) is 5.43 Å². The molecule has 0 atom stereocenters. The predicted octanol–water partition coefficient (Wildman–Crippen LogP) is 5.62. The predicted molar refractivity (Wildman–Crippen MR) is 134 cm³/mol. The molecule has 1 aliphatic rings. The van der Waals surface area contributed by atoms with Crippen molar-refractivity contribution in [2.24, 2.45) is 5.10 Å². The molecular weight excluding hydrogens is 422 g/mol. The summed E-state index contributed by atoms with van der Waals surface area (Å²) < 4.78 is 6.47. The summed E-state index contributed by atoms with van der Waals surface area (Å²) >= 11 is 0. The summed E-state index contributed by atoms with van der Waals surface area (Å²) in [5.41, 5.74) is 15.3. The van der Waals surface area contributed by atoms with Crippen molar-refractivity contribution in [2.45, 2.75) is 0 Å². The Labute approximate surface area is 196 Å². The fourth-order valence-corrected chi connectivity index (χ4v) is 4.10. The Balaban J connectivity index is 1.50. The number of amidine groups is 1. The van der Waals surface area contributed by atoms with Crippen LogP contribution in [0.3, 0.4) is 0 Å². The van der Waals surface area contributed by atoms with Crippen molar-refractivity contribution < 1.29 is 4.42 Å². The van der Waals surface area contributed by atoms with E-state index in [-0.39, 0.29) is 0 Å². The molecule has 0 unspecified atom stereocenters. The van der Waals surface area contributed by atoms with Crippen LogP contribution in [0.15, 0.2) is 119 Å². The van der Waals surface area contributed by atoms with Crippen LogP contribution in [0.2, 0.25) is 0 Å². The van der Waals surface area contributed by atoms with Gasteiger partial charge in [0.05, 0.1) is 0 Å². The zero-order chi connectivity index (χ0) is 22.7. The molecule has 0 aliphatic carbocycles. The minimum Gasteiger partial charge on any atom is -0.435 e. The first-order valence-corrected chi connectivity index (χ1v) is 11.0. The van der Waals surface area contributed by atoms with Gasteiger partial charge < -0.3 is 4.42 Å². The van der Waals surface area contributed by atoms with Crippen LogP contribution in [0, 0.1) is 0 Å². The Morgan fingerprint density at radius 1 is 0.588 bits per heavy atom. The van der Waals surface area contributed by atoms with Crippen LogP contribution in [0.4, 0.5) is 0 Å². The molecule has 5 aromatic rings. The number of hydrogen-bond acceptors (Lipinski definition) is 6. The van der Waals surface area contributed by atoms with E-state index in [1.807, 2.05) is 78.9 Å². The third-order valence-electron chi connectivity index (χ3n) is 5.72. The Morgan fingerprint density at radius 2 is 1.24 bits per heavy atom. The van der Waals surface area contributed by atoms with Crippen LogP contribution in [-0.2, 0) is 0 Å². The number of nitrogens with one attached hydrogen (secondary N) is 3. The van der Waals surface area contributed by atoms with Crippen LogP contribution in [-0.4, -0.2) is 10.8 Å². The number of benzene rings is 4. The molecule has 1 aliphatic heterocycles. The van der Waals surface area contributed by atoms with Gasteiger partial charge in [0.15, 0.2) is 11.6 Å². The highest BCUT2D eigenvalue weighted by atomic mass is 16.4. The maximum atomic E-state index is 6.47. The molecular formula is C28H21N5O. The Kier molecular flexibility index (Phi) is 5.10. The average molecular weight is 444 g/mol. The minimum absolute atomic E-state index is 0.582. The van der Waals surface area contributed by atoms with E-state index < -0.39 is 0 Å². The second-order valence-corrected chi connectivity index (χ2v) is 7.88. The minimum atomic E-state index is 0.582. The summed E-state index contributed by atoms with van der Waals surface area (Å²) in [5, 5.41) is 4.22. The van der Waals surface area contributed by atoms with E-state index in [1.54, 1.807) is 0 Å². The van der Waals surface area contributed by atoms with Crippen molar-refractivity contribution in [1.82, 2.24) is 21.5 Å². The van der Waals surface area contributed by atoms with Gasteiger partial charge in [-0.15, -0.1) is 10.6 Å². The molecule has 0 spiro atoms. The molecule has 3 N–H and O–H groups in total. The largest absolute Gasteiger partial charge is 0.435 e. The van der Waals surface area contributed by atoms with Gasteiger partial charge in [-0.2, -0.15) is 0 Å². The van der Waals surface area contributed by atoms with Crippen molar-refractivity contribution in [3.8, 4) is 45.2 Å². The van der Waals surface area contributed by atoms with E-state index >= 15 is 0 Å². The molecule has 6 heteroatoms. The Morgan fingerprint density at radius 3 is 1.97 bits per heavy atom. The van der Waals surface area contributed by atoms with Gasteiger partial charge in [0.2, 0.25) is 5.89 Å². The third-order valence-corrected chi connectivity index (χ3v) is 5.72. The summed E-state index contributed by atoms with van der Waals surface area (Å²) in [6, 6.07) is 36.6. The van der Waals surface area contributed by atoms with Crippen molar-refractivity contribution in [2.75, 3.05) is 0 Å². The molecule has 164 valence electrons. The standard InChI is InChI=1S/C28H21N5O/c1-3-10-19(11-4-1)25-26(20-12-5-2-6-13-20)34-28(29-25)24-17-8-7-16-23(24)21-14-9-15-22(18-21)27-30-32-33-31-27/h1-18,32-33H,(H,30,31). The quantitative estimate of drug-likeness (QED) is 0.329. The van der Waals surface area contributed by atoms with Crippen molar-refractivity contribution in [3.63, 3.8) is 0 Å². The molecule has 4 aromatic carbocycles. The first-order chi connectivity index (χ1) is 16.9. The summed E-state index contributed by atoms with van der Waals surface area (Å²) in [7, 11) is 0. The van der Waals surface area contributed by atoms with Crippen molar-refractivity contribution in [1.29, 1.82) is 0 Å². The molecule has 0 amide bonds. The smallest absolute Gasteiger partial charge is 0.227 e. The number of oxazole rings is 1. The fraction of sp³-hybridized carbons (Fsp3) is 0. The highest BCUT2D eigenvalue weighted by Gasteiger charge is 2.20. The molecule has 6 nitrogen and oxygen atoms in total. The second-order valence-electron chi connectivity index (χ2n) is 7.88. The maximum Gasteiger partial charge on any atom is 0.227 e. The van der Waals surface area contributed by atoms with Crippen LogP contribution < -0.4 is 16.5 Å². The molecule has 0 fully saturated rings. The van der Waals surface area contributed by atoms with Crippen LogP contribution in [0.1, 0.15) is 5.56 Å². The lowest BCUT2D eigenvalue weighted by molar-refractivity contribution is 0.577. The van der Waals surface area contributed by atoms with Gasteiger partial charge in [-0.1, -0.05) is 97.1 Å². The van der Waals surface area contributed by atoms with E-state index in [0.717, 1.165) is 50.7 Å². The lowest BCUT2D eigenvalue weighted by Crippen LogP contribution is -2.35. The zero-order valence-electron chi connectivity index (χ0n) is 18.2. The molecule has 34 heavy (non-hydrogen) atoms. The summed E-state index contributed by atoms with van der Waals surface area (Å²) in [5.74, 6) is 2.07. The van der Waals surface area contributed by atoms with Gasteiger partial charge in [0, 0.05) is 22.3 Å². The lowest BCUT2D eigenvalue weighted by atomic mass is 9.98. The lowest BCUT2D eigenvalue weighted by Gasteiger charge is -2.09. The monoisotopic (exact) mass is 443 g/mol. The highest BCUT2D eigenvalue weighted by Crippen LogP contribution is 2.39. The molecule has 0 saturated carbocycles. The van der Waals surface area contributed by atoms with Gasteiger partial charge in [0.1, 0.15) is 5.69 Å². The van der Waals surface area contributed by atoms with E-state index in [1.165, 1.54) is 0 Å². The van der Waals surface area contributed by atoms with Crippen LogP contribution >= 0.6 is 0 Å². The van der Waals surface area contributed by atoms with E-state index in [9.17, 15) is 0 Å². The molecule has 1 aromatic heterocycles. The Bertz CT molecular complexity index is 1420. The normalized spacial score (nSPS) is 12.6. The topological polar surface area (TPSA) is 74.5 Å². The number of aromatic nitrogens is 1. The van der Waals surface area contributed by atoms with Crippen molar-refractivity contribution in [3.05, 3.63) is 115 Å². The van der Waals surface area contributed by atoms with Crippen LogP contribution in [0.5, 0.6) is 0 Å². The molecule has 2 heterocycles. The first kappa shape index (κ1) is 20.0. The van der Waals surface area contributed by atoms with Gasteiger partial charge in [-0.25, -0.2) is 10.5 Å². The Hall–Kier alpha value is -4.68. The average Bonchev–Trinajstić information content (AvgIpc) is 3.61. The van der Waals surface area contributed by atoms with Gasteiger partial charge in [0.25, 0.3) is 0 Å². The SMILES string of the molecule is c1ccc(-c2nc(-c3ccccc3-c3cccc(C4=NNNN4)c3)oc2-c2ccccc2)cc1.